The molecule has 0 radical (unpaired) electrons. The van der Waals surface area contributed by atoms with E-state index in [0.717, 1.165) is 43.3 Å². The second kappa shape index (κ2) is 5.75. The van der Waals surface area contributed by atoms with E-state index < -0.39 is 0 Å². The largest absolute Gasteiger partial charge is 0.371 e. The Morgan fingerprint density at radius 2 is 1.85 bits per heavy atom. The molecule has 106 valence electrons. The normalized spacial score (nSPS) is 22.9. The van der Waals surface area contributed by atoms with Gasteiger partial charge in [-0.05, 0) is 49.8 Å². The highest BCUT2D eigenvalue weighted by molar-refractivity contribution is 5.66. The molecular formula is C17H23N3. The molecule has 2 aliphatic rings. The van der Waals surface area contributed by atoms with E-state index in [1.54, 1.807) is 0 Å². The fourth-order valence-electron chi connectivity index (χ4n) is 3.47. The molecule has 0 bridgehead atoms. The first-order valence-corrected chi connectivity index (χ1v) is 7.82. The van der Waals surface area contributed by atoms with Crippen molar-refractivity contribution in [2.75, 3.05) is 36.0 Å². The molecule has 20 heavy (non-hydrogen) atoms. The SMILES string of the molecule is CC1CCCN(c2ccc(N3CCCC3)cc2C#N)C1. The second-order valence-electron chi connectivity index (χ2n) is 6.20. The zero-order valence-electron chi connectivity index (χ0n) is 12.3. The van der Waals surface area contributed by atoms with Crippen molar-refractivity contribution < 1.29 is 0 Å². The minimum absolute atomic E-state index is 0.730. The lowest BCUT2D eigenvalue weighted by Gasteiger charge is -2.33. The van der Waals surface area contributed by atoms with Gasteiger partial charge in [-0.25, -0.2) is 0 Å². The number of nitrogens with zero attached hydrogens (tertiary/aromatic N) is 3. The number of benzene rings is 1. The lowest BCUT2D eigenvalue weighted by molar-refractivity contribution is 0.446. The van der Waals surface area contributed by atoms with Crippen molar-refractivity contribution in [3.63, 3.8) is 0 Å². The minimum atomic E-state index is 0.730. The molecule has 1 unspecified atom stereocenters. The summed E-state index contributed by atoms with van der Waals surface area (Å²) in [4.78, 5) is 4.78. The summed E-state index contributed by atoms with van der Waals surface area (Å²) < 4.78 is 0. The summed E-state index contributed by atoms with van der Waals surface area (Å²) in [7, 11) is 0. The molecule has 0 aromatic heterocycles. The van der Waals surface area contributed by atoms with Crippen molar-refractivity contribution >= 4 is 11.4 Å². The minimum Gasteiger partial charge on any atom is -0.371 e. The third kappa shape index (κ3) is 2.60. The molecule has 2 saturated heterocycles. The molecule has 2 fully saturated rings. The van der Waals surface area contributed by atoms with Crippen molar-refractivity contribution in [3.8, 4) is 6.07 Å². The van der Waals surface area contributed by atoms with E-state index in [4.69, 9.17) is 0 Å². The maximum atomic E-state index is 9.49. The van der Waals surface area contributed by atoms with Gasteiger partial charge in [-0.15, -0.1) is 0 Å². The summed E-state index contributed by atoms with van der Waals surface area (Å²) in [5.74, 6) is 0.730. The van der Waals surface area contributed by atoms with Crippen molar-refractivity contribution in [3.05, 3.63) is 23.8 Å². The zero-order chi connectivity index (χ0) is 13.9. The molecule has 0 amide bonds. The second-order valence-corrected chi connectivity index (χ2v) is 6.20. The molecular weight excluding hydrogens is 246 g/mol. The monoisotopic (exact) mass is 269 g/mol. The van der Waals surface area contributed by atoms with Gasteiger partial charge in [0, 0.05) is 31.9 Å². The van der Waals surface area contributed by atoms with Gasteiger partial charge in [-0.2, -0.15) is 5.26 Å². The Balaban J connectivity index is 1.86. The Bertz CT molecular complexity index is 511. The molecule has 3 rings (SSSR count). The quantitative estimate of drug-likeness (QED) is 0.824. The van der Waals surface area contributed by atoms with Crippen LogP contribution in [0.4, 0.5) is 11.4 Å². The van der Waals surface area contributed by atoms with Crippen LogP contribution in [0.2, 0.25) is 0 Å². The Kier molecular flexibility index (Phi) is 3.82. The Morgan fingerprint density at radius 3 is 2.55 bits per heavy atom. The van der Waals surface area contributed by atoms with Crippen molar-refractivity contribution in [2.24, 2.45) is 5.92 Å². The van der Waals surface area contributed by atoms with Crippen LogP contribution in [0.5, 0.6) is 0 Å². The van der Waals surface area contributed by atoms with E-state index in [-0.39, 0.29) is 0 Å². The molecule has 0 N–H and O–H groups in total. The van der Waals surface area contributed by atoms with Crippen LogP contribution in [0, 0.1) is 17.2 Å². The van der Waals surface area contributed by atoms with E-state index in [0.29, 0.717) is 0 Å². The molecule has 1 aromatic rings. The van der Waals surface area contributed by atoms with Crippen molar-refractivity contribution in [1.82, 2.24) is 0 Å². The summed E-state index contributed by atoms with van der Waals surface area (Å²) in [6.45, 7) is 6.73. The number of hydrogen-bond donors (Lipinski definition) is 0. The molecule has 0 saturated carbocycles. The third-order valence-electron chi connectivity index (χ3n) is 4.57. The van der Waals surface area contributed by atoms with Crippen LogP contribution in [0.1, 0.15) is 38.2 Å². The summed E-state index contributed by atoms with van der Waals surface area (Å²) in [5, 5.41) is 9.49. The lowest BCUT2D eigenvalue weighted by atomic mass is 9.99. The van der Waals surface area contributed by atoms with Crippen LogP contribution in [0.3, 0.4) is 0 Å². The Labute approximate surface area is 121 Å². The van der Waals surface area contributed by atoms with E-state index in [2.05, 4.69) is 41.0 Å². The first kappa shape index (κ1) is 13.3. The Morgan fingerprint density at radius 1 is 1.10 bits per heavy atom. The average Bonchev–Trinajstić information content (AvgIpc) is 3.01. The molecule has 2 aliphatic heterocycles. The highest BCUT2D eigenvalue weighted by Crippen LogP contribution is 2.30. The third-order valence-corrected chi connectivity index (χ3v) is 4.57. The van der Waals surface area contributed by atoms with Crippen molar-refractivity contribution in [2.45, 2.75) is 32.6 Å². The highest BCUT2D eigenvalue weighted by atomic mass is 15.2. The number of anilines is 2. The van der Waals surface area contributed by atoms with Gasteiger partial charge in [0.25, 0.3) is 0 Å². The van der Waals surface area contributed by atoms with Gasteiger partial charge in [-0.3, -0.25) is 0 Å². The van der Waals surface area contributed by atoms with Gasteiger partial charge in [-0.1, -0.05) is 6.92 Å². The summed E-state index contributed by atoms with van der Waals surface area (Å²) in [5.41, 5.74) is 3.18. The van der Waals surface area contributed by atoms with Crippen molar-refractivity contribution in [1.29, 1.82) is 5.26 Å². The Hall–Kier alpha value is -1.69. The van der Waals surface area contributed by atoms with Gasteiger partial charge in [0.05, 0.1) is 11.3 Å². The van der Waals surface area contributed by atoms with Gasteiger partial charge >= 0.3 is 0 Å². The van der Waals surface area contributed by atoms with Crippen LogP contribution in [0.15, 0.2) is 18.2 Å². The maximum absolute atomic E-state index is 9.49. The fraction of sp³-hybridized carbons (Fsp3) is 0.588. The maximum Gasteiger partial charge on any atom is 0.101 e. The van der Waals surface area contributed by atoms with E-state index in [1.807, 2.05) is 0 Å². The number of hydrogen-bond acceptors (Lipinski definition) is 3. The first-order chi connectivity index (χ1) is 9.78. The molecule has 0 spiro atoms. The zero-order valence-corrected chi connectivity index (χ0v) is 12.3. The number of piperidine rings is 1. The first-order valence-electron chi connectivity index (χ1n) is 7.82. The van der Waals surface area contributed by atoms with Gasteiger partial charge in [0.1, 0.15) is 6.07 Å². The topological polar surface area (TPSA) is 30.3 Å². The fourth-order valence-corrected chi connectivity index (χ4v) is 3.47. The van der Waals surface area contributed by atoms with Gasteiger partial charge in [0.15, 0.2) is 0 Å². The predicted molar refractivity (Wildman–Crippen MR) is 83.2 cm³/mol. The highest BCUT2D eigenvalue weighted by Gasteiger charge is 2.20. The van der Waals surface area contributed by atoms with Crippen LogP contribution < -0.4 is 9.80 Å². The van der Waals surface area contributed by atoms with Crippen LogP contribution in [0.25, 0.3) is 0 Å². The molecule has 1 atom stereocenters. The van der Waals surface area contributed by atoms with Gasteiger partial charge in [0.2, 0.25) is 0 Å². The average molecular weight is 269 g/mol. The lowest BCUT2D eigenvalue weighted by Crippen LogP contribution is -2.34. The summed E-state index contributed by atoms with van der Waals surface area (Å²) >= 11 is 0. The van der Waals surface area contributed by atoms with Crippen LogP contribution in [-0.4, -0.2) is 26.2 Å². The predicted octanol–water partition coefficient (Wildman–Crippen LogP) is 3.39. The van der Waals surface area contributed by atoms with Crippen LogP contribution in [-0.2, 0) is 0 Å². The van der Waals surface area contributed by atoms with E-state index in [9.17, 15) is 5.26 Å². The summed E-state index contributed by atoms with van der Waals surface area (Å²) in [6.07, 6.45) is 5.09. The molecule has 0 aliphatic carbocycles. The number of nitriles is 1. The van der Waals surface area contributed by atoms with Crippen LogP contribution >= 0.6 is 0 Å². The summed E-state index contributed by atoms with van der Waals surface area (Å²) in [6, 6.07) is 8.84. The standard InChI is InChI=1S/C17H23N3/c1-14-5-4-10-20(13-14)17-7-6-16(11-15(17)12-18)19-8-2-3-9-19/h6-7,11,14H,2-5,8-10,13H2,1H3. The molecule has 1 aromatic carbocycles. The number of rotatable bonds is 2. The van der Waals surface area contributed by atoms with E-state index in [1.165, 1.54) is 31.4 Å². The van der Waals surface area contributed by atoms with E-state index >= 15 is 0 Å². The smallest absolute Gasteiger partial charge is 0.101 e. The molecule has 3 heteroatoms. The molecule has 3 nitrogen and oxygen atoms in total. The molecule has 2 heterocycles. The van der Waals surface area contributed by atoms with Gasteiger partial charge < -0.3 is 9.80 Å².